The molecule has 0 aromatic carbocycles. The van der Waals surface area contributed by atoms with Crippen LogP contribution in [0.2, 0.25) is 0 Å². The minimum Gasteiger partial charge on any atom is -0.389 e. The third-order valence-electron chi connectivity index (χ3n) is 4.60. The number of aliphatic hydroxyl groups excluding tert-OH is 1. The number of amides is 1. The molecule has 2 aromatic heterocycles. The first-order valence-electron chi connectivity index (χ1n) is 8.27. The molecule has 3 heterocycles. The molecule has 1 amide bonds. The van der Waals surface area contributed by atoms with Crippen molar-refractivity contribution >= 4 is 17.7 Å². The van der Waals surface area contributed by atoms with Crippen LogP contribution in [0.5, 0.6) is 0 Å². The zero-order valence-corrected chi connectivity index (χ0v) is 13.6. The first-order valence-corrected chi connectivity index (χ1v) is 8.27. The number of nitrogen functional groups attached to an aromatic ring is 1. The molecule has 2 aliphatic rings. The molecule has 0 unspecified atom stereocenters. The van der Waals surface area contributed by atoms with Gasteiger partial charge in [-0.1, -0.05) is 5.16 Å². The molecule has 1 aliphatic heterocycles. The van der Waals surface area contributed by atoms with Crippen LogP contribution in [-0.2, 0) is 12.8 Å². The molecule has 10 nitrogen and oxygen atoms in total. The Labute approximate surface area is 143 Å². The van der Waals surface area contributed by atoms with Gasteiger partial charge in [-0.2, -0.15) is 4.98 Å². The van der Waals surface area contributed by atoms with Gasteiger partial charge < -0.3 is 20.6 Å². The summed E-state index contributed by atoms with van der Waals surface area (Å²) in [4.78, 5) is 24.7. The molecule has 3 N–H and O–H groups in total. The summed E-state index contributed by atoms with van der Waals surface area (Å²) in [6.07, 6.45) is 3.40. The van der Waals surface area contributed by atoms with E-state index in [0.29, 0.717) is 19.6 Å². The summed E-state index contributed by atoms with van der Waals surface area (Å²) < 4.78 is 4.49. The van der Waals surface area contributed by atoms with Crippen molar-refractivity contribution in [3.8, 4) is 0 Å². The van der Waals surface area contributed by atoms with Gasteiger partial charge in [0, 0.05) is 31.7 Å². The number of fused-ring (bicyclic) bond motifs is 1. The molecular weight excluding hydrogens is 326 g/mol. The molecule has 25 heavy (non-hydrogen) atoms. The SMILES string of the molecule is Nc1nc2c(c(N3CCN(C(=O)c4cnon4)C[C@@H](O)C3)n1)CCC2. The number of hydrogen-bond acceptors (Lipinski definition) is 9. The van der Waals surface area contributed by atoms with Gasteiger partial charge in [0.05, 0.1) is 11.8 Å². The Morgan fingerprint density at radius 2 is 2.16 bits per heavy atom. The monoisotopic (exact) mass is 345 g/mol. The van der Waals surface area contributed by atoms with E-state index in [0.717, 1.165) is 36.3 Å². The number of β-amino-alcohol motifs (C(OH)–C–C–N with tert-alkyl or cyclic N) is 1. The molecule has 1 atom stereocenters. The third kappa shape index (κ3) is 3.00. The van der Waals surface area contributed by atoms with Crippen LogP contribution in [0.1, 0.15) is 28.2 Å². The lowest BCUT2D eigenvalue weighted by atomic mass is 10.2. The van der Waals surface area contributed by atoms with E-state index in [1.54, 1.807) is 4.90 Å². The van der Waals surface area contributed by atoms with E-state index in [4.69, 9.17) is 5.73 Å². The van der Waals surface area contributed by atoms with Gasteiger partial charge >= 0.3 is 0 Å². The van der Waals surface area contributed by atoms with E-state index < -0.39 is 6.10 Å². The van der Waals surface area contributed by atoms with E-state index in [2.05, 4.69) is 24.9 Å². The summed E-state index contributed by atoms with van der Waals surface area (Å²) in [5.74, 6) is 0.710. The Kier molecular flexibility index (Phi) is 3.96. The lowest BCUT2D eigenvalue weighted by molar-refractivity contribution is 0.0663. The summed E-state index contributed by atoms with van der Waals surface area (Å²) >= 11 is 0. The maximum atomic E-state index is 12.4. The van der Waals surface area contributed by atoms with Crippen LogP contribution in [0.3, 0.4) is 0 Å². The summed E-state index contributed by atoms with van der Waals surface area (Å²) in [5.41, 5.74) is 8.07. The van der Waals surface area contributed by atoms with Gasteiger partial charge in [-0.3, -0.25) is 4.79 Å². The molecular formula is C15H19N7O3. The molecule has 0 radical (unpaired) electrons. The number of nitrogens with zero attached hydrogens (tertiary/aromatic N) is 6. The highest BCUT2D eigenvalue weighted by Gasteiger charge is 2.30. The number of rotatable bonds is 2. The Balaban J connectivity index is 1.57. The number of aromatic nitrogens is 4. The van der Waals surface area contributed by atoms with E-state index in [1.165, 1.54) is 6.20 Å². The average Bonchev–Trinajstić information content (AvgIpc) is 3.23. The Morgan fingerprint density at radius 3 is 2.96 bits per heavy atom. The molecule has 2 aromatic rings. The maximum absolute atomic E-state index is 12.4. The second-order valence-corrected chi connectivity index (χ2v) is 6.33. The summed E-state index contributed by atoms with van der Waals surface area (Å²) in [5, 5.41) is 17.4. The van der Waals surface area contributed by atoms with E-state index in [9.17, 15) is 9.90 Å². The van der Waals surface area contributed by atoms with Gasteiger partial charge in [0.2, 0.25) is 5.95 Å². The van der Waals surface area contributed by atoms with Gasteiger partial charge in [-0.25, -0.2) is 9.61 Å². The van der Waals surface area contributed by atoms with Crippen LogP contribution >= 0.6 is 0 Å². The lowest BCUT2D eigenvalue weighted by Crippen LogP contribution is -2.37. The second-order valence-electron chi connectivity index (χ2n) is 6.33. The van der Waals surface area contributed by atoms with Gasteiger partial charge in [-0.05, 0) is 24.4 Å². The molecule has 1 saturated heterocycles. The zero-order chi connectivity index (χ0) is 17.4. The normalized spacial score (nSPS) is 20.4. The van der Waals surface area contributed by atoms with Crippen LogP contribution in [0, 0.1) is 0 Å². The van der Waals surface area contributed by atoms with Crippen molar-refractivity contribution in [2.24, 2.45) is 0 Å². The van der Waals surface area contributed by atoms with Gasteiger partial charge in [0.1, 0.15) is 12.0 Å². The van der Waals surface area contributed by atoms with Gasteiger partial charge in [0.25, 0.3) is 5.91 Å². The number of carbonyl (C=O) groups is 1. The summed E-state index contributed by atoms with van der Waals surface area (Å²) in [7, 11) is 0. The fourth-order valence-corrected chi connectivity index (χ4v) is 3.48. The first kappa shape index (κ1) is 15.8. The third-order valence-corrected chi connectivity index (χ3v) is 4.60. The van der Waals surface area contributed by atoms with Crippen molar-refractivity contribution < 1.29 is 14.5 Å². The maximum Gasteiger partial charge on any atom is 0.277 e. The summed E-state index contributed by atoms with van der Waals surface area (Å²) in [6.45, 7) is 1.56. The highest BCUT2D eigenvalue weighted by atomic mass is 16.6. The molecule has 0 spiro atoms. The number of hydrogen-bond donors (Lipinski definition) is 2. The number of anilines is 2. The lowest BCUT2D eigenvalue weighted by Gasteiger charge is -2.25. The van der Waals surface area contributed by atoms with Crippen LogP contribution in [0.4, 0.5) is 11.8 Å². The van der Waals surface area contributed by atoms with Gasteiger partial charge in [-0.15, -0.1) is 0 Å². The topological polar surface area (TPSA) is 134 Å². The van der Waals surface area contributed by atoms with Crippen LogP contribution in [0.15, 0.2) is 10.8 Å². The standard InChI is InChI=1S/C15H19N7O3/c16-15-18-11-3-1-2-10(11)13(19-15)21-4-5-22(8-9(23)7-21)14(24)12-6-17-25-20-12/h6,9,23H,1-5,7-8H2,(H2,16,18,19)/t9-/m0/s1. The molecule has 1 fully saturated rings. The van der Waals surface area contributed by atoms with Crippen LogP contribution in [0.25, 0.3) is 0 Å². The minimum absolute atomic E-state index is 0.132. The highest BCUT2D eigenvalue weighted by Crippen LogP contribution is 2.30. The zero-order valence-electron chi connectivity index (χ0n) is 13.6. The predicted octanol–water partition coefficient (Wildman–Crippen LogP) is -0.746. The molecule has 132 valence electrons. The number of aliphatic hydroxyl groups is 1. The number of nitrogens with two attached hydrogens (primary N) is 1. The van der Waals surface area contributed by atoms with Crippen molar-refractivity contribution in [3.63, 3.8) is 0 Å². The van der Waals surface area contributed by atoms with Crippen LogP contribution < -0.4 is 10.6 Å². The fourth-order valence-electron chi connectivity index (χ4n) is 3.48. The predicted molar refractivity (Wildman–Crippen MR) is 86.9 cm³/mol. The van der Waals surface area contributed by atoms with Crippen molar-refractivity contribution in [2.75, 3.05) is 36.8 Å². The van der Waals surface area contributed by atoms with Crippen molar-refractivity contribution in [3.05, 3.63) is 23.1 Å². The summed E-state index contributed by atoms with van der Waals surface area (Å²) in [6, 6.07) is 0. The Bertz CT molecular complexity index is 780. The Hall–Kier alpha value is -2.75. The molecule has 0 bridgehead atoms. The highest BCUT2D eigenvalue weighted by molar-refractivity contribution is 5.91. The van der Waals surface area contributed by atoms with Gasteiger partial charge in [0.15, 0.2) is 5.69 Å². The molecule has 1 aliphatic carbocycles. The fraction of sp³-hybridized carbons (Fsp3) is 0.533. The average molecular weight is 345 g/mol. The van der Waals surface area contributed by atoms with Crippen LogP contribution in [-0.4, -0.2) is 68.5 Å². The van der Waals surface area contributed by atoms with E-state index in [1.807, 2.05) is 4.90 Å². The smallest absolute Gasteiger partial charge is 0.277 e. The molecule has 10 heteroatoms. The number of aryl methyl sites for hydroxylation is 1. The molecule has 0 saturated carbocycles. The number of carbonyl (C=O) groups excluding carboxylic acids is 1. The van der Waals surface area contributed by atoms with Crippen molar-refractivity contribution in [1.29, 1.82) is 0 Å². The molecule has 4 rings (SSSR count). The van der Waals surface area contributed by atoms with E-state index in [-0.39, 0.29) is 24.1 Å². The first-order chi connectivity index (χ1) is 12.1. The van der Waals surface area contributed by atoms with Crippen molar-refractivity contribution in [2.45, 2.75) is 25.4 Å². The quantitative estimate of drug-likeness (QED) is 0.721. The van der Waals surface area contributed by atoms with E-state index >= 15 is 0 Å². The largest absolute Gasteiger partial charge is 0.389 e. The second kappa shape index (κ2) is 6.28. The Morgan fingerprint density at radius 1 is 1.28 bits per heavy atom. The van der Waals surface area contributed by atoms with Crippen molar-refractivity contribution in [1.82, 2.24) is 25.2 Å². The minimum atomic E-state index is -0.709.